The van der Waals surface area contributed by atoms with Crippen molar-refractivity contribution >= 4 is 5.97 Å². The third kappa shape index (κ3) is 5.43. The Morgan fingerprint density at radius 2 is 1.50 bits per heavy atom. The smallest absolute Gasteiger partial charge is 0.336 e. The first-order chi connectivity index (χ1) is 11.7. The number of carbonyl (C=O) groups excluding carboxylic acids is 1. The van der Waals surface area contributed by atoms with Gasteiger partial charge < -0.3 is 9.47 Å². The minimum absolute atomic E-state index is 0.390. The molecule has 0 bridgehead atoms. The first-order valence-electron chi connectivity index (χ1n) is 8.07. The summed E-state index contributed by atoms with van der Waals surface area (Å²) in [6.07, 6.45) is 7.66. The fourth-order valence-electron chi connectivity index (χ4n) is 2.07. The zero-order valence-corrected chi connectivity index (χ0v) is 14.1. The third-order valence-electron chi connectivity index (χ3n) is 3.27. The molecule has 0 spiro atoms. The number of esters is 1. The number of hydrogen-bond acceptors (Lipinski definition) is 3. The standard InChI is InChI=1S/C21H22O3/c1-3-5-6-7-21(22)24-20-14-10-18(11-15-20)17-8-12-19(13-9-17)23-16-4-2/h3,5-15H,4,16H2,1-2H3/b5-3+,7-6+. The van der Waals surface area contributed by atoms with Gasteiger partial charge in [0.15, 0.2) is 0 Å². The highest BCUT2D eigenvalue weighted by Crippen LogP contribution is 2.24. The van der Waals surface area contributed by atoms with Gasteiger partial charge >= 0.3 is 5.97 Å². The van der Waals surface area contributed by atoms with E-state index < -0.39 is 5.97 Å². The Morgan fingerprint density at radius 1 is 0.917 bits per heavy atom. The fourth-order valence-corrected chi connectivity index (χ4v) is 2.07. The maximum absolute atomic E-state index is 11.6. The van der Waals surface area contributed by atoms with Gasteiger partial charge in [-0.1, -0.05) is 49.4 Å². The maximum Gasteiger partial charge on any atom is 0.336 e. The molecule has 0 aliphatic rings. The monoisotopic (exact) mass is 322 g/mol. The molecule has 24 heavy (non-hydrogen) atoms. The van der Waals surface area contributed by atoms with Gasteiger partial charge in [0.2, 0.25) is 0 Å². The summed E-state index contributed by atoms with van der Waals surface area (Å²) in [5.74, 6) is 1.01. The van der Waals surface area contributed by atoms with E-state index in [0.717, 1.165) is 29.9 Å². The molecule has 0 saturated heterocycles. The van der Waals surface area contributed by atoms with Crippen molar-refractivity contribution in [2.75, 3.05) is 6.61 Å². The van der Waals surface area contributed by atoms with Crippen LogP contribution in [-0.2, 0) is 4.79 Å². The van der Waals surface area contributed by atoms with Crippen LogP contribution in [0.5, 0.6) is 11.5 Å². The van der Waals surface area contributed by atoms with Crippen molar-refractivity contribution in [3.05, 3.63) is 72.8 Å². The molecule has 124 valence electrons. The molecule has 0 unspecified atom stereocenters. The van der Waals surface area contributed by atoms with Crippen LogP contribution >= 0.6 is 0 Å². The average molecular weight is 322 g/mol. The number of carbonyl (C=O) groups is 1. The van der Waals surface area contributed by atoms with E-state index in [0.29, 0.717) is 5.75 Å². The molecule has 0 saturated carbocycles. The van der Waals surface area contributed by atoms with Gasteiger partial charge in [0.1, 0.15) is 11.5 Å². The predicted octanol–water partition coefficient (Wildman–Crippen LogP) is 5.18. The van der Waals surface area contributed by atoms with Crippen LogP contribution in [0.4, 0.5) is 0 Å². The summed E-state index contributed by atoms with van der Waals surface area (Å²) in [5.41, 5.74) is 2.14. The number of hydrogen-bond donors (Lipinski definition) is 0. The summed E-state index contributed by atoms with van der Waals surface area (Å²) in [6.45, 7) is 4.69. The van der Waals surface area contributed by atoms with Gasteiger partial charge in [0.25, 0.3) is 0 Å². The summed E-state index contributed by atoms with van der Waals surface area (Å²) in [4.78, 5) is 11.6. The Kier molecular flexibility index (Phi) is 6.84. The van der Waals surface area contributed by atoms with Crippen molar-refractivity contribution in [3.8, 4) is 22.6 Å². The lowest BCUT2D eigenvalue weighted by atomic mass is 10.1. The lowest BCUT2D eigenvalue weighted by Gasteiger charge is -2.07. The second-order valence-corrected chi connectivity index (χ2v) is 5.20. The molecule has 0 N–H and O–H groups in total. The van der Waals surface area contributed by atoms with Crippen molar-refractivity contribution in [1.29, 1.82) is 0 Å². The Bertz CT molecular complexity index is 695. The van der Waals surface area contributed by atoms with E-state index in [1.165, 1.54) is 6.08 Å². The molecule has 0 radical (unpaired) electrons. The van der Waals surface area contributed by atoms with Crippen molar-refractivity contribution in [2.24, 2.45) is 0 Å². The summed E-state index contributed by atoms with van der Waals surface area (Å²) in [7, 11) is 0. The van der Waals surface area contributed by atoms with Crippen LogP contribution in [0, 0.1) is 0 Å². The predicted molar refractivity (Wildman–Crippen MR) is 97.3 cm³/mol. The lowest BCUT2D eigenvalue weighted by molar-refractivity contribution is -0.128. The van der Waals surface area contributed by atoms with Gasteiger partial charge in [-0.15, -0.1) is 0 Å². The molecule has 0 aliphatic carbocycles. The number of ether oxygens (including phenoxy) is 2. The lowest BCUT2D eigenvalue weighted by Crippen LogP contribution is -2.03. The van der Waals surface area contributed by atoms with E-state index in [4.69, 9.17) is 9.47 Å². The van der Waals surface area contributed by atoms with E-state index >= 15 is 0 Å². The molecule has 3 nitrogen and oxygen atoms in total. The Labute approximate surface area is 143 Å². The summed E-state index contributed by atoms with van der Waals surface area (Å²) < 4.78 is 10.8. The Hall–Kier alpha value is -2.81. The Balaban J connectivity index is 1.99. The van der Waals surface area contributed by atoms with E-state index in [2.05, 4.69) is 6.92 Å². The highest BCUT2D eigenvalue weighted by Gasteiger charge is 2.02. The molecule has 3 heteroatoms. The number of rotatable bonds is 7. The molecule has 0 heterocycles. The SMILES string of the molecule is C/C=C/C=C/C(=O)Oc1ccc(-c2ccc(OCCC)cc2)cc1. The van der Waals surface area contributed by atoms with E-state index in [9.17, 15) is 4.79 Å². The van der Waals surface area contributed by atoms with Crippen LogP contribution in [0.3, 0.4) is 0 Å². The largest absolute Gasteiger partial charge is 0.494 e. The molecular formula is C21H22O3. The topological polar surface area (TPSA) is 35.5 Å². The van der Waals surface area contributed by atoms with Gasteiger partial charge in [-0.2, -0.15) is 0 Å². The van der Waals surface area contributed by atoms with Crippen LogP contribution in [0.1, 0.15) is 20.3 Å². The minimum Gasteiger partial charge on any atom is -0.494 e. The highest BCUT2D eigenvalue weighted by molar-refractivity contribution is 5.84. The van der Waals surface area contributed by atoms with E-state index in [1.807, 2.05) is 49.4 Å². The number of benzene rings is 2. The first kappa shape index (κ1) is 17.5. The van der Waals surface area contributed by atoms with Crippen molar-refractivity contribution < 1.29 is 14.3 Å². The highest BCUT2D eigenvalue weighted by atomic mass is 16.5. The van der Waals surface area contributed by atoms with Gasteiger partial charge in [0, 0.05) is 6.08 Å². The van der Waals surface area contributed by atoms with Crippen LogP contribution in [0.25, 0.3) is 11.1 Å². The molecule has 0 aliphatic heterocycles. The molecule has 2 aromatic rings. The summed E-state index contributed by atoms with van der Waals surface area (Å²) in [5, 5.41) is 0. The zero-order chi connectivity index (χ0) is 17.2. The second-order valence-electron chi connectivity index (χ2n) is 5.20. The maximum atomic E-state index is 11.6. The molecule has 0 amide bonds. The Morgan fingerprint density at radius 3 is 2.04 bits per heavy atom. The molecule has 0 atom stereocenters. The molecular weight excluding hydrogens is 300 g/mol. The summed E-state index contributed by atoms with van der Waals surface area (Å²) in [6, 6.07) is 15.4. The number of allylic oxidation sites excluding steroid dienone is 3. The average Bonchev–Trinajstić information content (AvgIpc) is 2.61. The van der Waals surface area contributed by atoms with Gasteiger partial charge in [-0.05, 0) is 48.7 Å². The van der Waals surface area contributed by atoms with E-state index in [-0.39, 0.29) is 0 Å². The molecule has 0 aromatic heterocycles. The fraction of sp³-hybridized carbons (Fsp3) is 0.190. The zero-order valence-electron chi connectivity index (χ0n) is 14.1. The van der Waals surface area contributed by atoms with Gasteiger partial charge in [0.05, 0.1) is 6.61 Å². The molecule has 2 rings (SSSR count). The van der Waals surface area contributed by atoms with Gasteiger partial charge in [-0.25, -0.2) is 4.79 Å². The van der Waals surface area contributed by atoms with Crippen LogP contribution < -0.4 is 9.47 Å². The van der Waals surface area contributed by atoms with Crippen molar-refractivity contribution in [2.45, 2.75) is 20.3 Å². The quantitative estimate of drug-likeness (QED) is 0.305. The normalized spacial score (nSPS) is 11.1. The van der Waals surface area contributed by atoms with Crippen molar-refractivity contribution in [1.82, 2.24) is 0 Å². The van der Waals surface area contributed by atoms with Crippen molar-refractivity contribution in [3.63, 3.8) is 0 Å². The first-order valence-corrected chi connectivity index (χ1v) is 8.07. The van der Waals surface area contributed by atoms with Crippen LogP contribution in [0.2, 0.25) is 0 Å². The third-order valence-corrected chi connectivity index (χ3v) is 3.27. The van der Waals surface area contributed by atoms with Crippen LogP contribution in [-0.4, -0.2) is 12.6 Å². The molecule has 2 aromatic carbocycles. The van der Waals surface area contributed by atoms with E-state index in [1.54, 1.807) is 24.3 Å². The minimum atomic E-state index is -0.390. The van der Waals surface area contributed by atoms with Gasteiger partial charge in [-0.3, -0.25) is 0 Å². The second kappa shape index (κ2) is 9.36. The molecule has 0 fully saturated rings. The summed E-state index contributed by atoms with van der Waals surface area (Å²) >= 11 is 0. The van der Waals surface area contributed by atoms with Crippen LogP contribution in [0.15, 0.2) is 72.8 Å².